The molecule has 38 heavy (non-hydrogen) atoms. The van der Waals surface area contributed by atoms with Crippen LogP contribution in [0.25, 0.3) is 11.2 Å². The van der Waals surface area contributed by atoms with Gasteiger partial charge in [0, 0.05) is 18.4 Å². The Morgan fingerprint density at radius 2 is 1.68 bits per heavy atom. The summed E-state index contributed by atoms with van der Waals surface area (Å²) in [5, 5.41) is 27.6. The van der Waals surface area contributed by atoms with Crippen LogP contribution in [0.1, 0.15) is 43.9 Å². The Morgan fingerprint density at radius 1 is 1.05 bits per heavy atom. The van der Waals surface area contributed by atoms with Crippen molar-refractivity contribution in [2.75, 3.05) is 11.9 Å². The Bertz CT molecular complexity index is 1370. The number of hydrogen-bond donors (Lipinski definition) is 4. The van der Waals surface area contributed by atoms with Crippen LogP contribution in [0.4, 0.5) is 5.82 Å². The van der Waals surface area contributed by atoms with Crippen molar-refractivity contribution in [1.29, 1.82) is 0 Å². The van der Waals surface area contributed by atoms with Gasteiger partial charge in [-0.05, 0) is 36.1 Å². The number of carbonyl (C=O) groups excluding carboxylic acids is 1. The number of benzene rings is 2. The van der Waals surface area contributed by atoms with Crippen molar-refractivity contribution in [3.8, 4) is 0 Å². The summed E-state index contributed by atoms with van der Waals surface area (Å²) in [4.78, 5) is 25.3. The Hall–Kier alpha value is -3.53. The molecule has 4 aromatic rings. The van der Waals surface area contributed by atoms with Crippen molar-refractivity contribution in [2.24, 2.45) is 0 Å². The van der Waals surface area contributed by atoms with E-state index in [2.05, 4.69) is 56.8 Å². The van der Waals surface area contributed by atoms with Gasteiger partial charge < -0.3 is 25.4 Å². The molecule has 0 unspecified atom stereocenters. The van der Waals surface area contributed by atoms with E-state index in [0.717, 1.165) is 11.1 Å². The third kappa shape index (κ3) is 4.84. The molecule has 0 saturated heterocycles. The average molecular weight is 535 g/mol. The highest BCUT2D eigenvalue weighted by Gasteiger charge is 2.43. The number of halogens is 1. The Labute approximate surface area is 225 Å². The summed E-state index contributed by atoms with van der Waals surface area (Å²) in [5.41, 5.74) is 2.84. The molecule has 198 valence electrons. The molecule has 0 aliphatic heterocycles. The molecule has 9 nitrogen and oxygen atoms in total. The molecule has 1 aliphatic carbocycles. The lowest BCUT2D eigenvalue weighted by molar-refractivity contribution is -0.122. The fourth-order valence-corrected chi connectivity index (χ4v) is 5.40. The van der Waals surface area contributed by atoms with Gasteiger partial charge in [-0.25, -0.2) is 4.98 Å². The monoisotopic (exact) mass is 534 g/mol. The number of carbonyl (C=O) groups is 1. The van der Waals surface area contributed by atoms with Crippen LogP contribution in [-0.4, -0.2) is 60.4 Å². The molecule has 2 heterocycles. The molecule has 0 radical (unpaired) electrons. The lowest BCUT2D eigenvalue weighted by Gasteiger charge is -2.31. The second-order valence-electron chi connectivity index (χ2n) is 9.89. The Balaban J connectivity index is 1.46. The Morgan fingerprint density at radius 3 is 2.29 bits per heavy atom. The van der Waals surface area contributed by atoms with Crippen LogP contribution in [0, 0.1) is 0 Å². The molecule has 2 aromatic heterocycles. The van der Waals surface area contributed by atoms with E-state index in [1.807, 2.05) is 36.4 Å². The molecule has 5 rings (SSSR count). The van der Waals surface area contributed by atoms with Gasteiger partial charge in [0.25, 0.3) is 0 Å². The molecule has 2 aromatic carbocycles. The standard InChI is InChI=1S/C28H31ClN6O3/c1-3-21(36)32-19-14-20(24(38)23(19)37)35-16-31-22-25(33-27(29)34-26(22)35)30-15-28(2,17-10-6-4-7-11-17)18-12-8-5-9-13-18/h4-13,16,19-20,23-24,37-38H,3,14-15H2,1-2H3,(H,32,36)(H,30,33,34)/t19-,20+,23+,24-/m0/s1. The zero-order chi connectivity index (χ0) is 26.9. The van der Waals surface area contributed by atoms with Gasteiger partial charge in [0.1, 0.15) is 12.2 Å². The van der Waals surface area contributed by atoms with Gasteiger partial charge in [-0.3, -0.25) is 4.79 Å². The number of nitrogens with zero attached hydrogens (tertiary/aromatic N) is 4. The van der Waals surface area contributed by atoms with Crippen LogP contribution in [0.2, 0.25) is 5.28 Å². The van der Waals surface area contributed by atoms with Crippen molar-refractivity contribution < 1.29 is 15.0 Å². The van der Waals surface area contributed by atoms with Gasteiger partial charge >= 0.3 is 0 Å². The zero-order valence-electron chi connectivity index (χ0n) is 21.3. The lowest BCUT2D eigenvalue weighted by Crippen LogP contribution is -2.42. The van der Waals surface area contributed by atoms with Crippen LogP contribution in [0.15, 0.2) is 67.0 Å². The van der Waals surface area contributed by atoms with Crippen LogP contribution in [0.5, 0.6) is 0 Å². The summed E-state index contributed by atoms with van der Waals surface area (Å²) in [6, 6.07) is 19.4. The summed E-state index contributed by atoms with van der Waals surface area (Å²) < 4.78 is 1.70. The number of imidazole rings is 1. The highest BCUT2D eigenvalue weighted by atomic mass is 35.5. The topological polar surface area (TPSA) is 125 Å². The quantitative estimate of drug-likeness (QED) is 0.255. The third-order valence-electron chi connectivity index (χ3n) is 7.50. The normalized spacial score (nSPS) is 21.5. The van der Waals surface area contributed by atoms with Crippen molar-refractivity contribution in [3.05, 3.63) is 83.4 Å². The molecular formula is C28H31ClN6O3. The van der Waals surface area contributed by atoms with E-state index >= 15 is 0 Å². The largest absolute Gasteiger partial charge is 0.388 e. The molecular weight excluding hydrogens is 504 g/mol. The maximum atomic E-state index is 11.9. The van der Waals surface area contributed by atoms with E-state index in [4.69, 9.17) is 11.6 Å². The van der Waals surface area contributed by atoms with Crippen molar-refractivity contribution in [1.82, 2.24) is 24.8 Å². The second-order valence-corrected chi connectivity index (χ2v) is 10.2. The van der Waals surface area contributed by atoms with Crippen LogP contribution < -0.4 is 10.6 Å². The maximum absolute atomic E-state index is 11.9. The number of nitrogens with one attached hydrogen (secondary N) is 2. The van der Waals surface area contributed by atoms with Crippen LogP contribution in [0.3, 0.4) is 0 Å². The molecule has 0 spiro atoms. The average Bonchev–Trinajstić information content (AvgIpc) is 3.48. The molecule has 4 atom stereocenters. The van der Waals surface area contributed by atoms with E-state index in [0.29, 0.717) is 36.4 Å². The molecule has 0 bridgehead atoms. The van der Waals surface area contributed by atoms with Crippen molar-refractivity contribution in [3.63, 3.8) is 0 Å². The van der Waals surface area contributed by atoms with E-state index < -0.39 is 24.3 Å². The minimum Gasteiger partial charge on any atom is -0.388 e. The summed E-state index contributed by atoms with van der Waals surface area (Å²) in [7, 11) is 0. The van der Waals surface area contributed by atoms with E-state index in [1.54, 1.807) is 17.8 Å². The fraction of sp³-hybridized carbons (Fsp3) is 0.357. The van der Waals surface area contributed by atoms with Crippen LogP contribution in [-0.2, 0) is 10.2 Å². The number of fused-ring (bicyclic) bond motifs is 1. The van der Waals surface area contributed by atoms with E-state index in [9.17, 15) is 15.0 Å². The van der Waals surface area contributed by atoms with Crippen molar-refractivity contribution in [2.45, 2.75) is 56.4 Å². The first-order chi connectivity index (χ1) is 18.3. The summed E-state index contributed by atoms with van der Waals surface area (Å²) in [5.74, 6) is 0.287. The van der Waals surface area contributed by atoms with Gasteiger partial charge in [-0.15, -0.1) is 0 Å². The maximum Gasteiger partial charge on any atom is 0.226 e. The molecule has 1 amide bonds. The van der Waals surface area contributed by atoms with E-state index in [-0.39, 0.29) is 16.6 Å². The number of anilines is 1. The predicted molar refractivity (Wildman–Crippen MR) is 146 cm³/mol. The molecule has 10 heteroatoms. The van der Waals surface area contributed by atoms with Crippen molar-refractivity contribution >= 4 is 34.5 Å². The van der Waals surface area contributed by atoms with Gasteiger partial charge in [0.15, 0.2) is 17.0 Å². The number of amides is 1. The second kappa shape index (κ2) is 10.7. The van der Waals surface area contributed by atoms with Gasteiger partial charge in [-0.1, -0.05) is 67.6 Å². The van der Waals surface area contributed by atoms with Gasteiger partial charge in [0.05, 0.1) is 18.4 Å². The number of hydrogen-bond acceptors (Lipinski definition) is 7. The SMILES string of the molecule is CCC(=O)N[C@H]1C[C@@H](n2cnc3c(NCC(C)(c4ccccc4)c4ccccc4)nc(Cl)nc32)[C@H](O)[C@@H]1O. The molecule has 1 aliphatic rings. The van der Waals surface area contributed by atoms with Crippen LogP contribution >= 0.6 is 11.6 Å². The first kappa shape index (κ1) is 26.1. The molecule has 1 saturated carbocycles. The van der Waals surface area contributed by atoms with E-state index in [1.165, 1.54) is 0 Å². The van der Waals surface area contributed by atoms with Gasteiger partial charge in [-0.2, -0.15) is 9.97 Å². The zero-order valence-corrected chi connectivity index (χ0v) is 22.0. The number of rotatable bonds is 8. The highest BCUT2D eigenvalue weighted by Crippen LogP contribution is 2.36. The summed E-state index contributed by atoms with van der Waals surface area (Å²) in [6.07, 6.45) is -0.0384. The van der Waals surface area contributed by atoms with Gasteiger partial charge in [0.2, 0.25) is 11.2 Å². The first-order valence-corrected chi connectivity index (χ1v) is 13.1. The minimum atomic E-state index is -1.11. The highest BCUT2D eigenvalue weighted by molar-refractivity contribution is 6.28. The number of aliphatic hydroxyl groups is 2. The number of aliphatic hydroxyl groups excluding tert-OH is 2. The third-order valence-corrected chi connectivity index (χ3v) is 7.67. The lowest BCUT2D eigenvalue weighted by atomic mass is 9.76. The predicted octanol–water partition coefficient (Wildman–Crippen LogP) is 3.46. The number of aromatic nitrogens is 4. The summed E-state index contributed by atoms with van der Waals surface area (Å²) >= 11 is 6.35. The molecule has 1 fully saturated rings. The Kier molecular flexibility index (Phi) is 7.34. The minimum absolute atomic E-state index is 0.0340. The molecule has 4 N–H and O–H groups in total. The smallest absolute Gasteiger partial charge is 0.226 e. The first-order valence-electron chi connectivity index (χ1n) is 12.7. The fourth-order valence-electron chi connectivity index (χ4n) is 5.24. The summed E-state index contributed by atoms with van der Waals surface area (Å²) in [6.45, 7) is 4.42.